The molecule has 0 rings (SSSR count). The predicted molar refractivity (Wildman–Crippen MR) is 56.4 cm³/mol. The van der Waals surface area contributed by atoms with Crippen molar-refractivity contribution < 1.29 is 69.4 Å². The quantitative estimate of drug-likeness (QED) is 0.340. The van der Waals surface area contributed by atoms with E-state index >= 15 is 0 Å². The summed E-state index contributed by atoms with van der Waals surface area (Å²) in [6.45, 7) is 0. The van der Waals surface area contributed by atoms with Crippen LogP contribution in [0.15, 0.2) is 0 Å². The Morgan fingerprint density at radius 1 is 1.41 bits per heavy atom. The molecule has 0 unspecified atom stereocenters. The van der Waals surface area contributed by atoms with Crippen LogP contribution < -0.4 is 5.73 Å². The van der Waals surface area contributed by atoms with Crippen molar-refractivity contribution in [3.63, 3.8) is 0 Å². The Morgan fingerprint density at radius 2 is 1.71 bits per heavy atom. The Hall–Kier alpha value is 0.753. The third kappa shape index (κ3) is 47.6. The molecule has 0 aromatic rings. The smallest absolute Gasteiger partial charge is 0.394 e. The van der Waals surface area contributed by atoms with Gasteiger partial charge in [-0.1, -0.05) is 0 Å². The van der Waals surface area contributed by atoms with Gasteiger partial charge in [-0.25, -0.2) is 0 Å². The number of hydrogen-bond acceptors (Lipinski definition) is 5. The molecular weight excluding hydrogens is 371 g/mol. The van der Waals surface area contributed by atoms with Crippen LogP contribution in [-0.4, -0.2) is 52.1 Å². The maximum absolute atomic E-state index is 10.1. The number of carboxylic acid groups (broad SMARTS) is 1. The van der Waals surface area contributed by atoms with Gasteiger partial charge in [-0.05, 0) is 18.4 Å². The Bertz CT molecular complexity index is 255. The van der Waals surface area contributed by atoms with Crippen LogP contribution in [0.4, 0.5) is 0 Å². The fraction of sp³-hybridized carbons (Fsp3) is 0.800. The number of carbonyl (C=O) groups is 1. The van der Waals surface area contributed by atoms with E-state index in [2.05, 4.69) is 0 Å². The van der Waals surface area contributed by atoms with E-state index < -0.39 is 22.4 Å². The summed E-state index contributed by atoms with van der Waals surface area (Å²) in [4.78, 5) is 10.1. The van der Waals surface area contributed by atoms with E-state index in [1.165, 1.54) is 0 Å². The summed E-state index contributed by atoms with van der Waals surface area (Å²) in [5.74, 6) is -0.1000. The van der Waals surface area contributed by atoms with Gasteiger partial charge in [0, 0.05) is 36.5 Å². The molecule has 7 N–H and O–H groups in total. The van der Waals surface area contributed by atoms with E-state index in [1.807, 2.05) is 6.26 Å². The van der Waals surface area contributed by atoms with Crippen molar-refractivity contribution in [2.24, 2.45) is 5.73 Å². The minimum Gasteiger partial charge on any atom is -0.480 e. The van der Waals surface area contributed by atoms with Gasteiger partial charge < -0.3 is 16.3 Å². The molecule has 103 valence electrons. The van der Waals surface area contributed by atoms with Crippen LogP contribution in [0.3, 0.4) is 0 Å². The monoisotopic (exact) mass is 384 g/mol. The molecule has 0 aromatic carbocycles. The zero-order chi connectivity index (χ0) is 11.8. The largest absolute Gasteiger partial charge is 0.480 e. The second-order valence-corrected chi connectivity index (χ2v) is 4.06. The van der Waals surface area contributed by atoms with E-state index in [4.69, 9.17) is 28.4 Å². The van der Waals surface area contributed by atoms with Crippen LogP contribution in [0.2, 0.25) is 0 Å². The van der Waals surface area contributed by atoms with Gasteiger partial charge in [-0.2, -0.15) is 20.2 Å². The maximum Gasteiger partial charge on any atom is 0.394 e. The van der Waals surface area contributed by atoms with Gasteiger partial charge >= 0.3 is 16.4 Å². The third-order valence-corrected chi connectivity index (χ3v) is 1.59. The molecule has 0 bridgehead atoms. The molecule has 0 fully saturated rings. The number of hydrogen-bond donors (Lipinski definition) is 4. The minimum absolute atomic E-state index is 0. The van der Waals surface area contributed by atoms with Crippen molar-refractivity contribution in [3.8, 4) is 0 Å². The zero-order valence-electron chi connectivity index (χ0n) is 9.04. The van der Waals surface area contributed by atoms with Crippen molar-refractivity contribution in [2.45, 2.75) is 12.5 Å². The molecule has 1 radical (unpaired) electrons. The van der Waals surface area contributed by atoms with E-state index in [0.29, 0.717) is 6.42 Å². The van der Waals surface area contributed by atoms with E-state index in [0.717, 1.165) is 5.75 Å². The van der Waals surface area contributed by atoms with E-state index in [1.54, 1.807) is 11.8 Å². The first kappa shape index (κ1) is 30.6. The molecule has 17 heavy (non-hydrogen) atoms. The van der Waals surface area contributed by atoms with Crippen molar-refractivity contribution >= 4 is 28.1 Å². The van der Waals surface area contributed by atoms with Crippen LogP contribution >= 0.6 is 11.8 Å². The summed E-state index contributed by atoms with van der Waals surface area (Å²) in [5.41, 5.74) is 5.19. The second-order valence-electron chi connectivity index (χ2n) is 2.17. The van der Waals surface area contributed by atoms with Crippen molar-refractivity contribution in [2.75, 3.05) is 12.0 Å². The second kappa shape index (κ2) is 16.8. The maximum atomic E-state index is 10.1. The van der Waals surface area contributed by atoms with Gasteiger partial charge in [0.1, 0.15) is 6.04 Å². The average molecular weight is 386 g/mol. The molecular formula is C5H15MnNO7S2Zn. The summed E-state index contributed by atoms with van der Waals surface area (Å²) < 4.78 is 31.6. The molecule has 0 aliphatic heterocycles. The molecule has 0 aliphatic carbocycles. The van der Waals surface area contributed by atoms with Crippen LogP contribution in [-0.2, 0) is 51.7 Å². The average Bonchev–Trinajstić information content (AvgIpc) is 1.96. The number of carboxylic acids is 1. The first-order chi connectivity index (χ1) is 6.18. The fourth-order valence-corrected chi connectivity index (χ4v) is 0.858. The summed E-state index contributed by atoms with van der Waals surface area (Å²) in [5, 5.41) is 8.27. The van der Waals surface area contributed by atoms with Crippen LogP contribution in [0.25, 0.3) is 0 Å². The SMILES string of the molecule is CSCC[C@H](N)C(=O)O.O.O=S(=O)(O)O.[Mn].[Zn]. The Morgan fingerprint density at radius 3 is 1.88 bits per heavy atom. The van der Waals surface area contributed by atoms with Crippen molar-refractivity contribution in [1.29, 1.82) is 0 Å². The first-order valence-corrected chi connectivity index (χ1v) is 6.14. The van der Waals surface area contributed by atoms with E-state index in [9.17, 15) is 4.79 Å². The predicted octanol–water partition coefficient (Wildman–Crippen LogP) is -1.33. The number of thioether (sulfide) groups is 1. The van der Waals surface area contributed by atoms with Gasteiger partial charge in [-0.3, -0.25) is 13.9 Å². The summed E-state index contributed by atoms with van der Waals surface area (Å²) in [6, 6.07) is -0.683. The molecule has 0 heterocycles. The molecule has 0 amide bonds. The zero-order valence-corrected chi connectivity index (χ0v) is 14.8. The minimum atomic E-state index is -4.67. The Labute approximate surface area is 127 Å². The van der Waals surface area contributed by atoms with Gasteiger partial charge in [0.15, 0.2) is 0 Å². The third-order valence-electron chi connectivity index (χ3n) is 0.950. The van der Waals surface area contributed by atoms with Crippen LogP contribution in [0.5, 0.6) is 0 Å². The standard InChI is InChI=1S/C5H11NO2S.Mn.H2O4S.H2O.Zn/c1-9-3-2-4(6)5(7)8;;1-5(2,3)4;;/h4H,2-3,6H2,1H3,(H,7,8);;(H2,1,2,3,4);1H2;/t4-;;;;/m0..../s1. The van der Waals surface area contributed by atoms with Crippen molar-refractivity contribution in [1.82, 2.24) is 0 Å². The molecule has 0 aromatic heterocycles. The number of aliphatic carboxylic acids is 1. The number of nitrogens with two attached hydrogens (primary N) is 1. The summed E-state index contributed by atoms with van der Waals surface area (Å²) >= 11 is 1.60. The van der Waals surface area contributed by atoms with Crippen molar-refractivity contribution in [3.05, 3.63) is 0 Å². The normalized spacial score (nSPS) is 10.4. The molecule has 8 nitrogen and oxygen atoms in total. The van der Waals surface area contributed by atoms with Gasteiger partial charge in [0.2, 0.25) is 0 Å². The molecule has 1 atom stereocenters. The summed E-state index contributed by atoms with van der Waals surface area (Å²) in [7, 11) is -4.67. The Kier molecular flexibility index (Phi) is 30.2. The Balaban J connectivity index is -0.0000000533. The van der Waals surface area contributed by atoms with Gasteiger partial charge in [0.05, 0.1) is 0 Å². The first-order valence-electron chi connectivity index (χ1n) is 3.35. The molecule has 12 heteroatoms. The van der Waals surface area contributed by atoms with Crippen LogP contribution in [0.1, 0.15) is 6.42 Å². The fourth-order valence-electron chi connectivity index (χ4n) is 0.368. The molecule has 0 saturated heterocycles. The topological polar surface area (TPSA) is 169 Å². The number of rotatable bonds is 4. The molecule has 0 spiro atoms. The van der Waals surface area contributed by atoms with Gasteiger partial charge in [0.25, 0.3) is 0 Å². The van der Waals surface area contributed by atoms with Crippen LogP contribution in [0, 0.1) is 0 Å². The van der Waals surface area contributed by atoms with E-state index in [-0.39, 0.29) is 42.0 Å². The molecule has 0 saturated carbocycles. The molecule has 0 aliphatic rings. The summed E-state index contributed by atoms with van der Waals surface area (Å²) in [6.07, 6.45) is 2.48. The van der Waals surface area contributed by atoms with Gasteiger partial charge in [-0.15, -0.1) is 0 Å².